The Balaban J connectivity index is 1.50. The van der Waals surface area contributed by atoms with Gasteiger partial charge >= 0.3 is 0 Å². The number of phenolic OH excluding ortho intramolecular Hbond substituents is 1. The zero-order valence-corrected chi connectivity index (χ0v) is 20.1. The summed E-state index contributed by atoms with van der Waals surface area (Å²) in [4.78, 5) is 0. The molecule has 174 valence electrons. The number of aliphatic hydroxyl groups is 1. The van der Waals surface area contributed by atoms with Gasteiger partial charge in [-0.3, -0.25) is 0 Å². The largest absolute Gasteiger partial charge is 0.504 e. The molecule has 33 heavy (non-hydrogen) atoms. The third-order valence-corrected chi connectivity index (χ3v) is 8.01. The van der Waals surface area contributed by atoms with Crippen LogP contribution < -0.4 is 9.47 Å². The summed E-state index contributed by atoms with van der Waals surface area (Å²) < 4.78 is 14.1. The molecular weight excluding hydrogens is 414 g/mol. The van der Waals surface area contributed by atoms with E-state index in [2.05, 4.69) is 43.5 Å². The topological polar surface area (TPSA) is 63.9 Å². The van der Waals surface area contributed by atoms with E-state index < -0.39 is 0 Å². The summed E-state index contributed by atoms with van der Waals surface area (Å²) in [5.41, 5.74) is 3.40. The highest BCUT2D eigenvalue weighted by Gasteiger charge is 2.54. The van der Waals surface area contributed by atoms with Crippen LogP contribution in [0, 0.1) is 11.3 Å². The minimum Gasteiger partial charge on any atom is -0.504 e. The van der Waals surface area contributed by atoms with E-state index in [1.807, 2.05) is 31.5 Å². The molecule has 2 aromatic carbocycles. The SMILES string of the molecule is COc1cc(/C=C/c2cc(O)c3c(c2)C[C@@H]2C(C)(C)[C@H](O)CC[C@@]2(C)O3)cc2c1ccn2C. The highest BCUT2D eigenvalue weighted by Crippen LogP contribution is 2.54. The number of benzene rings is 2. The predicted molar refractivity (Wildman–Crippen MR) is 132 cm³/mol. The van der Waals surface area contributed by atoms with Crippen molar-refractivity contribution in [3.63, 3.8) is 0 Å². The maximum Gasteiger partial charge on any atom is 0.164 e. The monoisotopic (exact) mass is 447 g/mol. The molecule has 5 rings (SSSR count). The van der Waals surface area contributed by atoms with E-state index in [0.717, 1.165) is 46.2 Å². The second kappa shape index (κ2) is 7.56. The summed E-state index contributed by atoms with van der Waals surface area (Å²) in [5.74, 6) is 1.77. The summed E-state index contributed by atoms with van der Waals surface area (Å²) in [5, 5.41) is 22.6. The molecular formula is C28H33NO4. The Morgan fingerprint density at radius 2 is 1.85 bits per heavy atom. The Morgan fingerprint density at radius 3 is 2.58 bits per heavy atom. The number of phenols is 1. The standard InChI is InChI=1S/C28H33NO4/c1-27(2)24-16-19-12-17(14-22(30)26(19)33-28(24,3)10-8-25(27)31)6-7-18-13-21-20(9-11-29(21)4)23(15-18)32-5/h6-7,9,11-15,24-25,30-31H,8,10,16H2,1-5H3/b7-6+/t24-,25-,28-/m1/s1. The average Bonchev–Trinajstić information content (AvgIpc) is 3.15. The Kier molecular flexibility index (Phi) is 5.02. The first-order valence-corrected chi connectivity index (χ1v) is 11.7. The van der Waals surface area contributed by atoms with Crippen LogP contribution in [0.2, 0.25) is 0 Å². The van der Waals surface area contributed by atoms with Gasteiger partial charge in [0, 0.05) is 24.5 Å². The molecule has 2 N–H and O–H groups in total. The maximum absolute atomic E-state index is 10.8. The van der Waals surface area contributed by atoms with Crippen molar-refractivity contribution in [2.75, 3.05) is 7.11 Å². The molecule has 2 heterocycles. The Morgan fingerprint density at radius 1 is 1.12 bits per heavy atom. The lowest BCUT2D eigenvalue weighted by atomic mass is 9.57. The Bertz CT molecular complexity index is 1250. The number of ether oxygens (including phenoxy) is 2. The van der Waals surface area contributed by atoms with Gasteiger partial charge in [-0.2, -0.15) is 0 Å². The smallest absolute Gasteiger partial charge is 0.164 e. The van der Waals surface area contributed by atoms with Crippen LogP contribution in [-0.2, 0) is 13.5 Å². The van der Waals surface area contributed by atoms with Crippen molar-refractivity contribution in [3.05, 3.63) is 53.2 Å². The fourth-order valence-corrected chi connectivity index (χ4v) is 5.92. The fourth-order valence-electron chi connectivity index (χ4n) is 5.92. The van der Waals surface area contributed by atoms with E-state index in [1.54, 1.807) is 13.2 Å². The maximum atomic E-state index is 10.8. The molecule has 2 aliphatic rings. The van der Waals surface area contributed by atoms with Crippen LogP contribution in [-0.4, -0.2) is 33.6 Å². The number of aromatic nitrogens is 1. The van der Waals surface area contributed by atoms with E-state index in [-0.39, 0.29) is 28.8 Å². The molecule has 0 amide bonds. The predicted octanol–water partition coefficient (Wildman–Crippen LogP) is 5.55. The molecule has 5 nitrogen and oxygen atoms in total. The van der Waals surface area contributed by atoms with Crippen molar-refractivity contribution in [1.82, 2.24) is 4.57 Å². The van der Waals surface area contributed by atoms with Crippen LogP contribution >= 0.6 is 0 Å². The first-order chi connectivity index (χ1) is 15.6. The number of hydrogen-bond donors (Lipinski definition) is 2. The number of aliphatic hydroxyl groups excluding tert-OH is 1. The number of hydrogen-bond acceptors (Lipinski definition) is 4. The van der Waals surface area contributed by atoms with Gasteiger partial charge in [-0.05, 0) is 78.6 Å². The van der Waals surface area contributed by atoms with Gasteiger partial charge in [0.05, 0.1) is 18.7 Å². The highest BCUT2D eigenvalue weighted by atomic mass is 16.5. The van der Waals surface area contributed by atoms with Crippen molar-refractivity contribution in [2.24, 2.45) is 18.4 Å². The van der Waals surface area contributed by atoms with Gasteiger partial charge in [0.15, 0.2) is 11.5 Å². The second-order valence-electron chi connectivity index (χ2n) is 10.5. The molecule has 0 unspecified atom stereocenters. The van der Waals surface area contributed by atoms with Gasteiger partial charge in [0.25, 0.3) is 0 Å². The van der Waals surface area contributed by atoms with E-state index in [0.29, 0.717) is 12.2 Å². The molecule has 5 heteroatoms. The zero-order chi connectivity index (χ0) is 23.5. The fraction of sp³-hybridized carbons (Fsp3) is 0.429. The number of aromatic hydroxyl groups is 1. The van der Waals surface area contributed by atoms with E-state index in [9.17, 15) is 10.2 Å². The lowest BCUT2D eigenvalue weighted by Crippen LogP contribution is -2.58. The summed E-state index contributed by atoms with van der Waals surface area (Å²) in [6, 6.07) is 10.1. The quantitative estimate of drug-likeness (QED) is 0.517. The van der Waals surface area contributed by atoms with Crippen molar-refractivity contribution in [1.29, 1.82) is 0 Å². The molecule has 1 aliphatic carbocycles. The molecule has 0 radical (unpaired) electrons. The summed E-state index contributed by atoms with van der Waals surface area (Å²) >= 11 is 0. The summed E-state index contributed by atoms with van der Waals surface area (Å²) in [6.07, 6.45) is 8.00. The van der Waals surface area contributed by atoms with Gasteiger partial charge in [-0.1, -0.05) is 26.0 Å². The van der Waals surface area contributed by atoms with Crippen molar-refractivity contribution in [2.45, 2.75) is 51.7 Å². The van der Waals surface area contributed by atoms with Gasteiger partial charge in [0.1, 0.15) is 11.4 Å². The number of aryl methyl sites for hydroxylation is 1. The van der Waals surface area contributed by atoms with Gasteiger partial charge in [-0.25, -0.2) is 0 Å². The zero-order valence-electron chi connectivity index (χ0n) is 20.1. The van der Waals surface area contributed by atoms with E-state index in [4.69, 9.17) is 9.47 Å². The molecule has 0 saturated heterocycles. The second-order valence-corrected chi connectivity index (χ2v) is 10.5. The number of rotatable bonds is 3. The third kappa shape index (κ3) is 3.50. The van der Waals surface area contributed by atoms with Crippen molar-refractivity contribution >= 4 is 23.1 Å². The Labute approximate surface area is 195 Å². The molecule has 1 saturated carbocycles. The third-order valence-electron chi connectivity index (χ3n) is 8.01. The summed E-state index contributed by atoms with van der Waals surface area (Å²) in [7, 11) is 3.71. The molecule has 0 bridgehead atoms. The van der Waals surface area contributed by atoms with Crippen LogP contribution in [0.25, 0.3) is 23.1 Å². The minimum absolute atomic E-state index is 0.170. The summed E-state index contributed by atoms with van der Waals surface area (Å²) in [6.45, 7) is 6.38. The minimum atomic E-state index is -0.383. The van der Waals surface area contributed by atoms with Gasteiger partial charge in [-0.15, -0.1) is 0 Å². The molecule has 1 aliphatic heterocycles. The van der Waals surface area contributed by atoms with E-state index >= 15 is 0 Å². The van der Waals surface area contributed by atoms with E-state index in [1.165, 1.54) is 0 Å². The van der Waals surface area contributed by atoms with Crippen LogP contribution in [0.3, 0.4) is 0 Å². The number of nitrogens with zero attached hydrogens (tertiary/aromatic N) is 1. The molecule has 1 fully saturated rings. The lowest BCUT2D eigenvalue weighted by Gasteiger charge is -2.55. The first-order valence-electron chi connectivity index (χ1n) is 11.7. The first kappa shape index (κ1) is 21.9. The van der Waals surface area contributed by atoms with Crippen molar-refractivity contribution < 1.29 is 19.7 Å². The van der Waals surface area contributed by atoms with Gasteiger partial charge in [0.2, 0.25) is 0 Å². The lowest BCUT2D eigenvalue weighted by molar-refractivity contribution is -0.138. The molecule has 0 spiro atoms. The molecule has 3 atom stereocenters. The van der Waals surface area contributed by atoms with Gasteiger partial charge < -0.3 is 24.3 Å². The average molecular weight is 448 g/mol. The molecule has 3 aromatic rings. The van der Waals surface area contributed by atoms with Crippen LogP contribution in [0.1, 0.15) is 50.3 Å². The molecule has 1 aromatic heterocycles. The number of fused-ring (bicyclic) bond motifs is 3. The highest BCUT2D eigenvalue weighted by molar-refractivity contribution is 5.90. The normalized spacial score (nSPS) is 26.1. The van der Waals surface area contributed by atoms with Crippen molar-refractivity contribution in [3.8, 4) is 17.2 Å². The Hall–Kier alpha value is -2.92. The number of methoxy groups -OCH3 is 1. The van der Waals surface area contributed by atoms with Crippen LogP contribution in [0.4, 0.5) is 0 Å². The van der Waals surface area contributed by atoms with Crippen LogP contribution in [0.15, 0.2) is 36.5 Å². The van der Waals surface area contributed by atoms with Crippen LogP contribution in [0.5, 0.6) is 17.2 Å².